The van der Waals surface area contributed by atoms with E-state index < -0.39 is 0 Å². The monoisotopic (exact) mass is 308 g/mol. The van der Waals surface area contributed by atoms with E-state index in [0.29, 0.717) is 33.4 Å². The fraction of sp³-hybridized carbons (Fsp3) is 0.0769. The molecule has 0 aliphatic heterocycles. The molecule has 20 heavy (non-hydrogen) atoms. The molecule has 0 aliphatic carbocycles. The van der Waals surface area contributed by atoms with Crippen LogP contribution in [0.1, 0.15) is 5.56 Å². The second kappa shape index (κ2) is 5.19. The number of anilines is 1. The third-order valence-electron chi connectivity index (χ3n) is 2.89. The summed E-state index contributed by atoms with van der Waals surface area (Å²) < 4.78 is 0. The number of aromatic amines is 2. The Kier molecular flexibility index (Phi) is 3.38. The van der Waals surface area contributed by atoms with Gasteiger partial charge in [0.1, 0.15) is 5.82 Å². The minimum Gasteiger partial charge on any atom is -0.367 e. The number of hydrogen-bond acceptors (Lipinski definition) is 3. The van der Waals surface area contributed by atoms with Crippen molar-refractivity contribution in [3.8, 4) is 0 Å². The van der Waals surface area contributed by atoms with Crippen LogP contribution in [0.15, 0.2) is 35.4 Å². The van der Waals surface area contributed by atoms with E-state index in [2.05, 4.69) is 20.3 Å². The zero-order chi connectivity index (χ0) is 14.1. The van der Waals surface area contributed by atoms with Gasteiger partial charge in [0.25, 0.3) is 5.56 Å². The van der Waals surface area contributed by atoms with Crippen LogP contribution in [0.4, 0.5) is 5.82 Å². The minimum atomic E-state index is -0.236. The van der Waals surface area contributed by atoms with E-state index in [1.165, 1.54) is 6.33 Å². The van der Waals surface area contributed by atoms with Crippen LogP contribution in [0.2, 0.25) is 10.0 Å². The Balaban J connectivity index is 1.82. The Morgan fingerprint density at radius 2 is 2.05 bits per heavy atom. The number of H-pyrrole nitrogens is 2. The summed E-state index contributed by atoms with van der Waals surface area (Å²) in [5.41, 5.74) is 1.81. The van der Waals surface area contributed by atoms with Crippen molar-refractivity contribution in [1.29, 1.82) is 0 Å². The van der Waals surface area contributed by atoms with E-state index in [0.717, 1.165) is 5.56 Å². The maximum absolute atomic E-state index is 11.8. The number of benzene rings is 1. The number of nitrogens with one attached hydrogen (secondary N) is 3. The highest BCUT2D eigenvalue weighted by molar-refractivity contribution is 6.42. The molecule has 0 bridgehead atoms. The number of halogens is 2. The quantitative estimate of drug-likeness (QED) is 0.696. The molecule has 0 spiro atoms. The van der Waals surface area contributed by atoms with Gasteiger partial charge in [0, 0.05) is 12.6 Å². The van der Waals surface area contributed by atoms with Crippen molar-refractivity contribution in [2.24, 2.45) is 0 Å². The highest BCUT2D eigenvalue weighted by atomic mass is 35.5. The standard InChI is InChI=1S/C13H10Cl2N4O/c14-8-2-1-7(3-9(8)15)5-16-11-4-10-12(13(20)19-11)18-6-17-10/h1-4,6H,5H2,(H,17,18)(H2,16,19,20). The average molecular weight is 309 g/mol. The van der Waals surface area contributed by atoms with Gasteiger partial charge in [-0.05, 0) is 17.7 Å². The normalized spacial score (nSPS) is 10.9. The lowest BCUT2D eigenvalue weighted by Crippen LogP contribution is -2.11. The maximum Gasteiger partial charge on any atom is 0.277 e. The predicted octanol–water partition coefficient (Wildman–Crippen LogP) is 3.17. The fourth-order valence-corrected chi connectivity index (χ4v) is 2.22. The Hall–Kier alpha value is -1.98. The van der Waals surface area contributed by atoms with E-state index in [1.54, 1.807) is 18.2 Å². The molecule has 0 amide bonds. The van der Waals surface area contributed by atoms with E-state index in [1.807, 2.05) is 6.07 Å². The average Bonchev–Trinajstić information content (AvgIpc) is 2.89. The van der Waals surface area contributed by atoms with Crippen LogP contribution in [0.5, 0.6) is 0 Å². The van der Waals surface area contributed by atoms with Crippen molar-refractivity contribution in [3.63, 3.8) is 0 Å². The van der Waals surface area contributed by atoms with Crippen LogP contribution in [-0.2, 0) is 6.54 Å². The highest BCUT2D eigenvalue weighted by Crippen LogP contribution is 2.23. The first-order valence-corrected chi connectivity index (χ1v) is 6.63. The molecule has 3 N–H and O–H groups in total. The number of aromatic nitrogens is 3. The molecular formula is C13H10Cl2N4O. The van der Waals surface area contributed by atoms with Gasteiger partial charge >= 0.3 is 0 Å². The van der Waals surface area contributed by atoms with E-state index >= 15 is 0 Å². The number of imidazole rings is 1. The molecular weight excluding hydrogens is 299 g/mol. The van der Waals surface area contributed by atoms with Crippen molar-refractivity contribution < 1.29 is 0 Å². The van der Waals surface area contributed by atoms with Gasteiger partial charge < -0.3 is 15.3 Å². The molecule has 2 aromatic heterocycles. The van der Waals surface area contributed by atoms with Crippen LogP contribution in [0.3, 0.4) is 0 Å². The number of rotatable bonds is 3. The summed E-state index contributed by atoms with van der Waals surface area (Å²) in [6, 6.07) is 7.18. The van der Waals surface area contributed by atoms with Gasteiger partial charge in [0.15, 0.2) is 5.52 Å². The van der Waals surface area contributed by atoms with Crippen molar-refractivity contribution >= 4 is 40.1 Å². The summed E-state index contributed by atoms with van der Waals surface area (Å²) in [6.07, 6.45) is 1.49. The fourth-order valence-electron chi connectivity index (χ4n) is 1.90. The van der Waals surface area contributed by atoms with Gasteiger partial charge in [-0.25, -0.2) is 4.98 Å². The topological polar surface area (TPSA) is 73.6 Å². The molecule has 3 rings (SSSR count). The van der Waals surface area contributed by atoms with Crippen molar-refractivity contribution in [1.82, 2.24) is 15.0 Å². The third-order valence-corrected chi connectivity index (χ3v) is 3.63. The molecule has 0 aliphatic rings. The molecule has 0 radical (unpaired) electrons. The van der Waals surface area contributed by atoms with Gasteiger partial charge in [0.05, 0.1) is 21.9 Å². The Labute approximate surface area is 124 Å². The van der Waals surface area contributed by atoms with Crippen LogP contribution in [0, 0.1) is 0 Å². The molecule has 2 heterocycles. The first kappa shape index (κ1) is 13.0. The first-order chi connectivity index (χ1) is 9.63. The lowest BCUT2D eigenvalue weighted by Gasteiger charge is -2.07. The molecule has 5 nitrogen and oxygen atoms in total. The molecule has 3 aromatic rings. The number of nitrogens with zero attached hydrogens (tertiary/aromatic N) is 1. The van der Waals surface area contributed by atoms with Crippen LogP contribution < -0.4 is 10.9 Å². The van der Waals surface area contributed by atoms with Crippen LogP contribution in [0.25, 0.3) is 11.0 Å². The molecule has 0 fully saturated rings. The minimum absolute atomic E-state index is 0.236. The lowest BCUT2D eigenvalue weighted by molar-refractivity contribution is 1.10. The SMILES string of the molecule is O=c1[nH]c(NCc2ccc(Cl)c(Cl)c2)cc2[nH]cnc12. The molecule has 7 heteroatoms. The molecule has 1 aromatic carbocycles. The molecule has 102 valence electrons. The van der Waals surface area contributed by atoms with Gasteiger partial charge in [-0.1, -0.05) is 29.3 Å². The summed E-state index contributed by atoms with van der Waals surface area (Å²) >= 11 is 11.8. The molecule has 0 saturated carbocycles. The largest absolute Gasteiger partial charge is 0.367 e. The summed E-state index contributed by atoms with van der Waals surface area (Å²) in [6.45, 7) is 0.520. The van der Waals surface area contributed by atoms with Gasteiger partial charge in [0.2, 0.25) is 0 Å². The van der Waals surface area contributed by atoms with Crippen LogP contribution in [-0.4, -0.2) is 15.0 Å². The highest BCUT2D eigenvalue weighted by Gasteiger charge is 2.04. The van der Waals surface area contributed by atoms with Gasteiger partial charge in [-0.15, -0.1) is 0 Å². The van der Waals surface area contributed by atoms with Gasteiger partial charge in [-0.3, -0.25) is 4.79 Å². The Morgan fingerprint density at radius 1 is 1.20 bits per heavy atom. The molecule has 0 unspecified atom stereocenters. The summed E-state index contributed by atoms with van der Waals surface area (Å²) in [4.78, 5) is 21.3. The lowest BCUT2D eigenvalue weighted by atomic mass is 10.2. The van der Waals surface area contributed by atoms with Crippen molar-refractivity contribution in [2.75, 3.05) is 5.32 Å². The van der Waals surface area contributed by atoms with E-state index in [9.17, 15) is 4.79 Å². The van der Waals surface area contributed by atoms with Crippen molar-refractivity contribution in [2.45, 2.75) is 6.54 Å². The number of fused-ring (bicyclic) bond motifs is 1. The summed E-state index contributed by atoms with van der Waals surface area (Å²) in [7, 11) is 0. The predicted molar refractivity (Wildman–Crippen MR) is 80.5 cm³/mol. The molecule has 0 atom stereocenters. The van der Waals surface area contributed by atoms with Crippen molar-refractivity contribution in [3.05, 3.63) is 56.6 Å². The zero-order valence-electron chi connectivity index (χ0n) is 10.2. The summed E-state index contributed by atoms with van der Waals surface area (Å²) in [5.74, 6) is 0.609. The van der Waals surface area contributed by atoms with E-state index in [4.69, 9.17) is 23.2 Å². The number of hydrogen-bond donors (Lipinski definition) is 3. The maximum atomic E-state index is 11.8. The Bertz CT molecular complexity index is 825. The van der Waals surface area contributed by atoms with E-state index in [-0.39, 0.29) is 5.56 Å². The summed E-state index contributed by atoms with van der Waals surface area (Å²) in [5, 5.41) is 4.14. The van der Waals surface area contributed by atoms with Crippen LogP contribution >= 0.6 is 23.2 Å². The zero-order valence-corrected chi connectivity index (χ0v) is 11.7. The van der Waals surface area contributed by atoms with Gasteiger partial charge in [-0.2, -0.15) is 0 Å². The second-order valence-electron chi connectivity index (χ2n) is 4.28. The first-order valence-electron chi connectivity index (χ1n) is 5.88. The second-order valence-corrected chi connectivity index (χ2v) is 5.09. The smallest absolute Gasteiger partial charge is 0.277 e. The Morgan fingerprint density at radius 3 is 2.85 bits per heavy atom. The molecule has 0 saturated heterocycles. The third kappa shape index (κ3) is 2.50. The number of pyridine rings is 1.